The van der Waals surface area contributed by atoms with Gasteiger partial charge in [-0.1, -0.05) is 23.3 Å². The molecule has 1 aliphatic rings. The first-order valence-electron chi connectivity index (χ1n) is 6.39. The van der Waals surface area contributed by atoms with Gasteiger partial charge in [0.25, 0.3) is 0 Å². The average Bonchev–Trinajstić information content (AvgIpc) is 2.20. The summed E-state index contributed by atoms with van der Waals surface area (Å²) in [6.45, 7) is 5.61. The molecule has 1 heterocycles. The number of aliphatic carboxylic acids is 1. The van der Waals surface area contributed by atoms with Crippen molar-refractivity contribution in [3.8, 4) is 0 Å². The van der Waals surface area contributed by atoms with Crippen molar-refractivity contribution < 1.29 is 14.6 Å². The van der Waals surface area contributed by atoms with E-state index >= 15 is 0 Å². The van der Waals surface area contributed by atoms with Crippen molar-refractivity contribution in [3.05, 3.63) is 34.9 Å². The highest BCUT2D eigenvalue weighted by molar-refractivity contribution is 5.80. The normalized spacial score (nSPS) is 16.4. The Labute approximate surface area is 109 Å². The molecule has 0 bridgehead atoms. The van der Waals surface area contributed by atoms with Gasteiger partial charge in [-0.05, 0) is 45.1 Å². The van der Waals surface area contributed by atoms with E-state index in [1.165, 1.54) is 17.2 Å². The Balaban J connectivity index is 2.18. The SMILES string of the molecule is CC(=CCCC(C)=CC(=O)O)CCC=C1COC1. The minimum absolute atomic E-state index is 0.807. The molecule has 0 amide bonds. The van der Waals surface area contributed by atoms with E-state index in [2.05, 4.69) is 19.1 Å². The molecule has 0 unspecified atom stereocenters. The Morgan fingerprint density at radius 2 is 1.89 bits per heavy atom. The maximum absolute atomic E-state index is 10.4. The third-order valence-electron chi connectivity index (χ3n) is 2.95. The molecule has 1 rings (SSSR count). The van der Waals surface area contributed by atoms with Crippen LogP contribution in [0, 0.1) is 0 Å². The lowest BCUT2D eigenvalue weighted by atomic mass is 10.1. The lowest BCUT2D eigenvalue weighted by Gasteiger charge is -2.17. The molecule has 3 nitrogen and oxygen atoms in total. The predicted octanol–water partition coefficient (Wildman–Crippen LogP) is 3.48. The fourth-order valence-electron chi connectivity index (χ4n) is 1.77. The maximum Gasteiger partial charge on any atom is 0.328 e. The van der Waals surface area contributed by atoms with Gasteiger partial charge in [-0.25, -0.2) is 4.79 Å². The summed E-state index contributed by atoms with van der Waals surface area (Å²) in [7, 11) is 0. The topological polar surface area (TPSA) is 46.5 Å². The molecular weight excluding hydrogens is 228 g/mol. The van der Waals surface area contributed by atoms with Crippen molar-refractivity contribution >= 4 is 5.97 Å². The number of hydrogen-bond donors (Lipinski definition) is 1. The minimum Gasteiger partial charge on any atom is -0.478 e. The van der Waals surface area contributed by atoms with Crippen LogP contribution in [0.3, 0.4) is 0 Å². The molecule has 0 saturated carbocycles. The molecule has 0 atom stereocenters. The van der Waals surface area contributed by atoms with Gasteiger partial charge in [0.15, 0.2) is 0 Å². The van der Waals surface area contributed by atoms with Crippen LogP contribution < -0.4 is 0 Å². The third-order valence-corrected chi connectivity index (χ3v) is 2.95. The molecule has 0 aromatic rings. The quantitative estimate of drug-likeness (QED) is 0.556. The van der Waals surface area contributed by atoms with Gasteiger partial charge in [0, 0.05) is 6.08 Å². The van der Waals surface area contributed by atoms with Crippen LogP contribution in [0.15, 0.2) is 34.9 Å². The summed E-state index contributed by atoms with van der Waals surface area (Å²) in [4.78, 5) is 10.4. The highest BCUT2D eigenvalue weighted by Gasteiger charge is 2.06. The van der Waals surface area contributed by atoms with Gasteiger partial charge in [0.2, 0.25) is 0 Å². The molecule has 1 saturated heterocycles. The molecule has 0 radical (unpaired) electrons. The molecule has 1 N–H and O–H groups in total. The van der Waals surface area contributed by atoms with Gasteiger partial charge in [-0.15, -0.1) is 0 Å². The van der Waals surface area contributed by atoms with Crippen molar-refractivity contribution in [2.45, 2.75) is 39.5 Å². The Morgan fingerprint density at radius 3 is 2.44 bits per heavy atom. The molecule has 1 aliphatic heterocycles. The smallest absolute Gasteiger partial charge is 0.328 e. The van der Waals surface area contributed by atoms with Crippen LogP contribution in [0.1, 0.15) is 39.5 Å². The van der Waals surface area contributed by atoms with Crippen molar-refractivity contribution in [3.63, 3.8) is 0 Å². The van der Waals surface area contributed by atoms with Crippen molar-refractivity contribution in [1.29, 1.82) is 0 Å². The van der Waals surface area contributed by atoms with Crippen LogP contribution in [0.5, 0.6) is 0 Å². The van der Waals surface area contributed by atoms with E-state index in [1.54, 1.807) is 0 Å². The summed E-state index contributed by atoms with van der Waals surface area (Å²) in [5, 5.41) is 8.58. The molecule has 0 aromatic heterocycles. The van der Waals surface area contributed by atoms with Gasteiger partial charge in [0.1, 0.15) is 0 Å². The summed E-state index contributed by atoms with van der Waals surface area (Å²) < 4.78 is 5.08. The number of carboxylic acid groups (broad SMARTS) is 1. The third kappa shape index (κ3) is 6.40. The first-order valence-corrected chi connectivity index (χ1v) is 6.39. The zero-order valence-corrected chi connectivity index (χ0v) is 11.2. The van der Waals surface area contributed by atoms with Crippen molar-refractivity contribution in [2.24, 2.45) is 0 Å². The first kappa shape index (κ1) is 14.7. The lowest BCUT2D eigenvalue weighted by Crippen LogP contribution is -2.15. The zero-order valence-electron chi connectivity index (χ0n) is 11.2. The van der Waals surface area contributed by atoms with Crippen LogP contribution in [-0.4, -0.2) is 24.3 Å². The largest absolute Gasteiger partial charge is 0.478 e. The molecule has 100 valence electrons. The average molecular weight is 250 g/mol. The summed E-state index contributed by atoms with van der Waals surface area (Å²) >= 11 is 0. The van der Waals surface area contributed by atoms with Crippen LogP contribution in [0.4, 0.5) is 0 Å². The Morgan fingerprint density at radius 1 is 1.22 bits per heavy atom. The lowest BCUT2D eigenvalue weighted by molar-refractivity contribution is -0.131. The molecule has 0 aromatic carbocycles. The number of carbonyl (C=O) groups is 1. The van der Waals surface area contributed by atoms with Crippen LogP contribution in [0.2, 0.25) is 0 Å². The maximum atomic E-state index is 10.4. The monoisotopic (exact) mass is 250 g/mol. The van der Waals surface area contributed by atoms with E-state index in [1.807, 2.05) is 6.92 Å². The van der Waals surface area contributed by atoms with Crippen LogP contribution in [0.25, 0.3) is 0 Å². The predicted molar refractivity (Wildman–Crippen MR) is 72.5 cm³/mol. The number of allylic oxidation sites excluding steroid dienone is 4. The standard InChI is InChI=1S/C15H22O3/c1-12(6-4-8-14-10-18-11-14)5-3-7-13(2)9-15(16)17/h5,8-9H,3-4,6-7,10-11H2,1-2H3,(H,16,17). The number of rotatable bonds is 7. The van der Waals surface area contributed by atoms with Gasteiger partial charge >= 0.3 is 5.97 Å². The van der Waals surface area contributed by atoms with E-state index in [9.17, 15) is 4.79 Å². The second-order valence-electron chi connectivity index (χ2n) is 4.81. The fourth-order valence-corrected chi connectivity index (χ4v) is 1.77. The summed E-state index contributed by atoms with van der Waals surface area (Å²) in [5.41, 5.74) is 3.69. The molecule has 0 aliphatic carbocycles. The Hall–Kier alpha value is -1.35. The Kier molecular flexibility index (Phi) is 6.44. The van der Waals surface area contributed by atoms with Crippen LogP contribution in [-0.2, 0) is 9.53 Å². The van der Waals surface area contributed by atoms with E-state index in [-0.39, 0.29) is 0 Å². The van der Waals surface area contributed by atoms with Crippen molar-refractivity contribution in [2.75, 3.05) is 13.2 Å². The molecule has 3 heteroatoms. The minimum atomic E-state index is -0.859. The van der Waals surface area contributed by atoms with E-state index < -0.39 is 5.97 Å². The first-order chi connectivity index (χ1) is 8.58. The Bertz CT molecular complexity index is 369. The van der Waals surface area contributed by atoms with Gasteiger partial charge in [-0.3, -0.25) is 0 Å². The molecule has 18 heavy (non-hydrogen) atoms. The second-order valence-corrected chi connectivity index (χ2v) is 4.81. The van der Waals surface area contributed by atoms with Gasteiger partial charge < -0.3 is 9.84 Å². The van der Waals surface area contributed by atoms with Gasteiger partial charge in [-0.2, -0.15) is 0 Å². The summed E-state index contributed by atoms with van der Waals surface area (Å²) in [6, 6.07) is 0. The highest BCUT2D eigenvalue weighted by Crippen LogP contribution is 2.14. The van der Waals surface area contributed by atoms with Crippen molar-refractivity contribution in [1.82, 2.24) is 0 Å². The summed E-state index contributed by atoms with van der Waals surface area (Å²) in [6.07, 6.45) is 9.63. The van der Waals surface area contributed by atoms with E-state index in [4.69, 9.17) is 9.84 Å². The van der Waals surface area contributed by atoms with E-state index in [0.29, 0.717) is 0 Å². The van der Waals surface area contributed by atoms with Gasteiger partial charge in [0.05, 0.1) is 13.2 Å². The number of ether oxygens (including phenoxy) is 1. The highest BCUT2D eigenvalue weighted by atomic mass is 16.5. The number of hydrogen-bond acceptors (Lipinski definition) is 2. The zero-order chi connectivity index (χ0) is 13.4. The number of carboxylic acids is 1. The van der Waals surface area contributed by atoms with Crippen LogP contribution >= 0.6 is 0 Å². The fraction of sp³-hybridized carbons (Fsp3) is 0.533. The molecular formula is C15H22O3. The van der Waals surface area contributed by atoms with E-state index in [0.717, 1.165) is 44.5 Å². The summed E-state index contributed by atoms with van der Waals surface area (Å²) in [5.74, 6) is -0.859. The molecule has 0 spiro atoms. The second kappa shape index (κ2) is 7.88. The molecule has 1 fully saturated rings.